The van der Waals surface area contributed by atoms with Crippen LogP contribution in [0.3, 0.4) is 0 Å². The van der Waals surface area contributed by atoms with Gasteiger partial charge >= 0.3 is 6.36 Å². The summed E-state index contributed by atoms with van der Waals surface area (Å²) in [6.45, 7) is 1.47. The van der Waals surface area contributed by atoms with Crippen LogP contribution >= 0.6 is 0 Å². The number of hydrogen-bond acceptors (Lipinski definition) is 12. The average Bonchev–Trinajstić information content (AvgIpc) is 3.89. The van der Waals surface area contributed by atoms with E-state index in [1.807, 2.05) is 0 Å². The van der Waals surface area contributed by atoms with Crippen molar-refractivity contribution >= 4 is 47.0 Å². The number of imide groups is 2. The molecule has 70 heavy (non-hydrogen) atoms. The number of pyridine rings is 1. The molecular weight excluding hydrogens is 923 g/mol. The Bertz CT molecular complexity index is 2590. The maximum Gasteiger partial charge on any atom is 0.573 e. The molecule has 18 nitrogen and oxygen atoms in total. The number of carbonyl (C=O) groups is 7. The third kappa shape index (κ3) is 13.0. The first-order valence-electron chi connectivity index (χ1n) is 23.1. The number of ether oxygens (including phenoxy) is 2. The number of nitrogens with one attached hydrogen (secondary N) is 3. The average molecular weight is 976 g/mol. The topological polar surface area (TPSA) is 237 Å². The van der Waals surface area contributed by atoms with Crippen molar-refractivity contribution in [3.05, 3.63) is 89.5 Å². The van der Waals surface area contributed by atoms with Crippen LogP contribution in [0.15, 0.2) is 67.3 Å². The summed E-state index contributed by atoms with van der Waals surface area (Å²) in [5, 5.41) is 8.43. The Morgan fingerprint density at radius 1 is 0.900 bits per heavy atom. The number of unbranched alkanes of at least 4 members (excludes halogenated alkanes) is 5. The van der Waals surface area contributed by atoms with Gasteiger partial charge in [0.2, 0.25) is 29.5 Å². The van der Waals surface area contributed by atoms with Gasteiger partial charge in [-0.05, 0) is 61.6 Å². The summed E-state index contributed by atoms with van der Waals surface area (Å²) in [6, 6.07) is 10.3. The summed E-state index contributed by atoms with van der Waals surface area (Å²) >= 11 is 0. The second-order valence-electron chi connectivity index (χ2n) is 17.3. The van der Waals surface area contributed by atoms with E-state index in [1.54, 1.807) is 35.3 Å². The SMILES string of the molecule is NC(=O)c1cc(-c2cn(CCCC(=O)NCCCCCCCCNc3cccc4c3C(=O)N(C3CCC(=O)NC3=O)C4=O)cn2)cnc1O[C@@H]1CCN(C(=O)Cc2ccc(OC(F)(F)F)cc2)C[C@H]1F. The molecule has 2 fully saturated rings. The molecule has 4 aromatic rings. The summed E-state index contributed by atoms with van der Waals surface area (Å²) in [4.78, 5) is 99.1. The molecule has 5 N–H and O–H groups in total. The molecule has 1 unspecified atom stereocenters. The molecule has 7 amide bonds. The first-order chi connectivity index (χ1) is 33.5. The molecule has 7 rings (SSSR count). The van der Waals surface area contributed by atoms with Gasteiger partial charge in [0.25, 0.3) is 17.7 Å². The van der Waals surface area contributed by atoms with Crippen LogP contribution in [-0.2, 0) is 32.1 Å². The lowest BCUT2D eigenvalue weighted by atomic mass is 10.0. The monoisotopic (exact) mass is 975 g/mol. The Morgan fingerprint density at radius 2 is 1.64 bits per heavy atom. The lowest BCUT2D eigenvalue weighted by Crippen LogP contribution is -2.54. The van der Waals surface area contributed by atoms with Crippen LogP contribution in [-0.4, -0.2) is 117 Å². The molecule has 5 heterocycles. The molecular formula is C48H53F4N9O9. The zero-order valence-corrected chi connectivity index (χ0v) is 38.1. The number of primary amides is 1. The lowest BCUT2D eigenvalue weighted by Gasteiger charge is -2.34. The minimum atomic E-state index is -4.85. The van der Waals surface area contributed by atoms with Crippen molar-refractivity contribution in [1.29, 1.82) is 0 Å². The van der Waals surface area contributed by atoms with Gasteiger partial charge in [0.05, 0.1) is 36.1 Å². The molecule has 2 aromatic heterocycles. The van der Waals surface area contributed by atoms with Gasteiger partial charge in [-0.2, -0.15) is 0 Å². The van der Waals surface area contributed by atoms with E-state index < -0.39 is 65.9 Å². The number of anilines is 1. The maximum absolute atomic E-state index is 15.4. The minimum absolute atomic E-state index is 0.0537. The van der Waals surface area contributed by atoms with E-state index in [9.17, 15) is 46.7 Å². The summed E-state index contributed by atoms with van der Waals surface area (Å²) < 4.78 is 64.2. The number of imidazole rings is 1. The predicted molar refractivity (Wildman–Crippen MR) is 243 cm³/mol. The van der Waals surface area contributed by atoms with Gasteiger partial charge in [0, 0.05) is 69.1 Å². The summed E-state index contributed by atoms with van der Waals surface area (Å²) in [5.41, 5.74) is 7.93. The molecule has 0 saturated carbocycles. The van der Waals surface area contributed by atoms with Crippen LogP contribution in [0.1, 0.15) is 107 Å². The van der Waals surface area contributed by atoms with Crippen LogP contribution in [0.5, 0.6) is 11.6 Å². The van der Waals surface area contributed by atoms with Crippen LogP contribution in [0, 0.1) is 0 Å². The highest BCUT2D eigenvalue weighted by molar-refractivity contribution is 6.25. The predicted octanol–water partition coefficient (Wildman–Crippen LogP) is 5.25. The van der Waals surface area contributed by atoms with Crippen molar-refractivity contribution < 1.29 is 60.6 Å². The van der Waals surface area contributed by atoms with Crippen molar-refractivity contribution in [2.75, 3.05) is 31.5 Å². The van der Waals surface area contributed by atoms with Crippen molar-refractivity contribution in [1.82, 2.24) is 35.0 Å². The summed E-state index contributed by atoms with van der Waals surface area (Å²) in [7, 11) is 0. The largest absolute Gasteiger partial charge is 0.573 e. The molecule has 0 aliphatic carbocycles. The second kappa shape index (κ2) is 22.8. The van der Waals surface area contributed by atoms with E-state index >= 15 is 4.39 Å². The summed E-state index contributed by atoms with van der Waals surface area (Å²) in [5.74, 6) is -4.11. The first kappa shape index (κ1) is 50.5. The number of amides is 7. The molecule has 3 atom stereocenters. The van der Waals surface area contributed by atoms with E-state index in [0.29, 0.717) is 55.0 Å². The van der Waals surface area contributed by atoms with E-state index in [2.05, 4.69) is 30.7 Å². The van der Waals surface area contributed by atoms with Gasteiger partial charge in [-0.25, -0.2) is 14.4 Å². The highest BCUT2D eigenvalue weighted by Gasteiger charge is 2.45. The lowest BCUT2D eigenvalue weighted by molar-refractivity contribution is -0.274. The zero-order valence-electron chi connectivity index (χ0n) is 38.1. The zero-order chi connectivity index (χ0) is 50.0. The number of aromatic nitrogens is 3. The second-order valence-corrected chi connectivity index (χ2v) is 17.3. The number of halogens is 4. The Labute approximate surface area is 399 Å². The molecule has 2 aromatic carbocycles. The van der Waals surface area contributed by atoms with E-state index in [-0.39, 0.29) is 67.3 Å². The number of aryl methyl sites for hydroxylation is 1. The number of nitrogens with two attached hydrogens (primary N) is 1. The number of nitrogens with zero attached hydrogens (tertiary/aromatic N) is 5. The van der Waals surface area contributed by atoms with E-state index in [4.69, 9.17) is 10.5 Å². The molecule has 0 spiro atoms. The number of rotatable bonds is 22. The molecule has 22 heteroatoms. The number of carbonyl (C=O) groups excluding carboxylic acids is 7. The number of hydrogen-bond donors (Lipinski definition) is 4. The van der Waals surface area contributed by atoms with Gasteiger partial charge < -0.3 is 35.3 Å². The fourth-order valence-electron chi connectivity index (χ4n) is 8.56. The normalized spacial score (nSPS) is 18.1. The third-order valence-corrected chi connectivity index (χ3v) is 12.2. The van der Waals surface area contributed by atoms with Crippen molar-refractivity contribution in [2.24, 2.45) is 5.73 Å². The number of benzene rings is 2. The molecule has 3 aliphatic rings. The highest BCUT2D eigenvalue weighted by Crippen LogP contribution is 2.33. The van der Waals surface area contributed by atoms with E-state index in [0.717, 1.165) is 55.6 Å². The van der Waals surface area contributed by atoms with Crippen LogP contribution < -0.4 is 31.2 Å². The van der Waals surface area contributed by atoms with Crippen LogP contribution in [0.4, 0.5) is 23.2 Å². The van der Waals surface area contributed by atoms with Gasteiger partial charge in [-0.15, -0.1) is 13.2 Å². The standard InChI is InChI=1S/C48H53F4N9O9/c49-34-26-60(41(64)23-29-12-14-31(15-13-29)70-48(50,51)52)22-18-38(34)69-45-33(43(53)65)24-30(25-56-45)36-27-59(28-57-36)21-8-11-39(62)55-20-6-4-2-1-3-5-19-54-35-10-7-9-32-42(35)47(68)61(46(32)67)37-16-17-40(63)58-44(37)66/h7,9-10,12-15,24-25,27-28,34,37-38,54H,1-6,8,11,16-23,26H2,(H2,53,65)(H,55,62)(H,58,63,66)/t34-,37?,38-/m1/s1. The third-order valence-electron chi connectivity index (χ3n) is 12.2. The number of piperidine rings is 2. The molecule has 0 radical (unpaired) electrons. The molecule has 372 valence electrons. The maximum atomic E-state index is 15.4. The first-order valence-corrected chi connectivity index (χ1v) is 23.1. The Hall–Kier alpha value is -7.39. The fraction of sp³-hybridized carbons (Fsp3) is 0.438. The number of fused-ring (bicyclic) bond motifs is 1. The van der Waals surface area contributed by atoms with Crippen molar-refractivity contribution in [3.63, 3.8) is 0 Å². The fourth-order valence-corrected chi connectivity index (χ4v) is 8.56. The Balaban J connectivity index is 0.756. The van der Waals surface area contributed by atoms with Crippen LogP contribution in [0.25, 0.3) is 11.3 Å². The quantitative estimate of drug-likeness (QED) is 0.0449. The van der Waals surface area contributed by atoms with E-state index in [1.165, 1.54) is 29.3 Å². The van der Waals surface area contributed by atoms with Crippen LogP contribution in [0.2, 0.25) is 0 Å². The molecule has 0 bridgehead atoms. The molecule has 2 saturated heterocycles. The minimum Gasteiger partial charge on any atom is -0.471 e. The smallest absolute Gasteiger partial charge is 0.471 e. The highest BCUT2D eigenvalue weighted by atomic mass is 19.4. The van der Waals surface area contributed by atoms with Crippen molar-refractivity contribution in [2.45, 2.75) is 108 Å². The number of likely N-dealkylation sites (tertiary alicyclic amines) is 1. The van der Waals surface area contributed by atoms with Gasteiger partial charge in [0.15, 0.2) is 6.17 Å². The summed E-state index contributed by atoms with van der Waals surface area (Å²) in [6.07, 6.45) is 3.67. The Kier molecular flexibility index (Phi) is 16.5. The Morgan fingerprint density at radius 3 is 2.36 bits per heavy atom. The number of alkyl halides is 4. The van der Waals surface area contributed by atoms with Gasteiger partial charge in [0.1, 0.15) is 23.5 Å². The van der Waals surface area contributed by atoms with Gasteiger partial charge in [-0.3, -0.25) is 43.8 Å². The molecule has 3 aliphatic heterocycles. The van der Waals surface area contributed by atoms with Gasteiger partial charge in [-0.1, -0.05) is 43.9 Å². The van der Waals surface area contributed by atoms with Crippen molar-refractivity contribution in [3.8, 4) is 22.9 Å².